The van der Waals surface area contributed by atoms with E-state index in [4.69, 9.17) is 15.9 Å². The molecule has 8 heteroatoms. The maximum Gasteiger partial charge on any atom is 0.211 e. The van der Waals surface area contributed by atoms with Crippen LogP contribution < -0.4 is 16.9 Å². The number of aromatic hydroxyl groups is 1. The smallest absolute Gasteiger partial charge is 0.211 e. The van der Waals surface area contributed by atoms with Crippen LogP contribution in [0.5, 0.6) is 5.75 Å². The Morgan fingerprint density at radius 2 is 1.74 bits per heavy atom. The summed E-state index contributed by atoms with van der Waals surface area (Å²) in [6.45, 7) is 0. The molecule has 0 amide bonds. The van der Waals surface area contributed by atoms with Gasteiger partial charge in [-0.15, -0.1) is 0 Å². The molecule has 1 aromatic heterocycles. The highest BCUT2D eigenvalue weighted by Gasteiger charge is 2.22. The molecule has 23 heavy (non-hydrogen) atoms. The van der Waals surface area contributed by atoms with Crippen molar-refractivity contribution in [3.8, 4) is 17.1 Å². The van der Waals surface area contributed by atoms with Crippen LogP contribution in [0.2, 0.25) is 0 Å². The van der Waals surface area contributed by atoms with Crippen molar-refractivity contribution in [2.45, 2.75) is 0 Å². The quantitative estimate of drug-likeness (QED) is 0.598. The first-order valence-corrected chi connectivity index (χ1v) is 6.30. The van der Waals surface area contributed by atoms with Gasteiger partial charge in [0.25, 0.3) is 0 Å². The van der Waals surface area contributed by atoms with Gasteiger partial charge in [-0.2, -0.15) is 4.39 Å². The predicted octanol–water partition coefficient (Wildman–Crippen LogP) is 2.75. The van der Waals surface area contributed by atoms with Crippen LogP contribution in [0.3, 0.4) is 0 Å². The molecular weight excluding hydrogens is 313 g/mol. The van der Waals surface area contributed by atoms with Gasteiger partial charge in [-0.1, -0.05) is 0 Å². The van der Waals surface area contributed by atoms with E-state index in [9.17, 15) is 23.1 Å². The van der Waals surface area contributed by atoms with Gasteiger partial charge in [-0.05, 0) is 18.2 Å². The van der Waals surface area contributed by atoms with E-state index in [1.807, 2.05) is 0 Å². The van der Waals surface area contributed by atoms with E-state index in [0.29, 0.717) is 0 Å². The highest BCUT2D eigenvalue weighted by molar-refractivity contribution is 5.92. The lowest BCUT2D eigenvalue weighted by Crippen LogP contribution is -2.07. The van der Waals surface area contributed by atoms with Crippen molar-refractivity contribution < 1.29 is 22.7 Å². The first kappa shape index (κ1) is 14.8. The summed E-state index contributed by atoms with van der Waals surface area (Å²) >= 11 is 0. The maximum atomic E-state index is 14.0. The van der Waals surface area contributed by atoms with Crippen LogP contribution in [-0.2, 0) is 0 Å². The van der Waals surface area contributed by atoms with Gasteiger partial charge in [-0.25, -0.2) is 8.78 Å². The monoisotopic (exact) mass is 322 g/mol. The summed E-state index contributed by atoms with van der Waals surface area (Å²) in [6, 6.07) is 4.50. The molecule has 0 saturated carbocycles. The molecule has 0 saturated heterocycles. The van der Waals surface area contributed by atoms with E-state index >= 15 is 0 Å². The predicted molar refractivity (Wildman–Crippen MR) is 78.3 cm³/mol. The zero-order valence-electron chi connectivity index (χ0n) is 11.4. The summed E-state index contributed by atoms with van der Waals surface area (Å²) in [5.74, 6) is -5.23. The largest absolute Gasteiger partial charge is 0.503 e. The molecule has 3 rings (SSSR count). The van der Waals surface area contributed by atoms with Crippen LogP contribution >= 0.6 is 0 Å². The molecule has 0 unspecified atom stereocenters. The Kier molecular flexibility index (Phi) is 3.17. The summed E-state index contributed by atoms with van der Waals surface area (Å²) in [7, 11) is 0. The zero-order valence-corrected chi connectivity index (χ0v) is 11.4. The van der Waals surface area contributed by atoms with E-state index in [0.717, 1.165) is 12.1 Å². The van der Waals surface area contributed by atoms with Gasteiger partial charge in [0.05, 0.1) is 16.8 Å². The lowest BCUT2D eigenvalue weighted by Gasteiger charge is -2.08. The van der Waals surface area contributed by atoms with Crippen molar-refractivity contribution in [1.82, 2.24) is 0 Å². The normalized spacial score (nSPS) is 11.1. The number of benzene rings is 2. The number of phenols is 1. The summed E-state index contributed by atoms with van der Waals surface area (Å²) in [5, 5.41) is 8.81. The number of phenolic OH excluding ortho intramolecular Hbond substituents is 1. The Balaban J connectivity index is 2.38. The minimum atomic E-state index is -1.47. The van der Waals surface area contributed by atoms with E-state index in [1.54, 1.807) is 0 Å². The molecule has 0 aliphatic carbocycles. The highest BCUT2D eigenvalue weighted by Crippen LogP contribution is 2.35. The second-order valence-corrected chi connectivity index (χ2v) is 4.81. The van der Waals surface area contributed by atoms with E-state index in [2.05, 4.69) is 0 Å². The zero-order chi connectivity index (χ0) is 16.9. The number of nitrogens with two attached hydrogens (primary N) is 2. The topological polar surface area (TPSA) is 102 Å². The summed E-state index contributed by atoms with van der Waals surface area (Å²) in [5.41, 5.74) is 8.43. The van der Waals surface area contributed by atoms with Gasteiger partial charge in [0, 0.05) is 11.6 Å². The molecule has 5 nitrogen and oxygen atoms in total. The third-order valence-corrected chi connectivity index (χ3v) is 3.35. The van der Waals surface area contributed by atoms with Crippen molar-refractivity contribution >= 4 is 22.3 Å². The van der Waals surface area contributed by atoms with Gasteiger partial charge in [0.15, 0.2) is 22.6 Å². The number of fused-ring (bicyclic) bond motifs is 1. The molecule has 0 bridgehead atoms. The van der Waals surface area contributed by atoms with Crippen molar-refractivity contribution in [3.63, 3.8) is 0 Å². The molecule has 3 aromatic rings. The molecule has 1 heterocycles. The number of hydrogen-bond donors (Lipinski definition) is 3. The van der Waals surface area contributed by atoms with Crippen molar-refractivity contribution in [2.24, 2.45) is 0 Å². The molecule has 0 spiro atoms. The highest BCUT2D eigenvalue weighted by atomic mass is 19.1. The Bertz CT molecular complexity index is 1020. The first-order valence-electron chi connectivity index (χ1n) is 6.30. The van der Waals surface area contributed by atoms with E-state index < -0.39 is 45.3 Å². The van der Waals surface area contributed by atoms with Crippen LogP contribution in [0.25, 0.3) is 22.3 Å². The number of nitrogen functional groups attached to an aromatic ring is 2. The molecule has 2 aromatic carbocycles. The Hall–Kier alpha value is -3.16. The average Bonchev–Trinajstić information content (AvgIpc) is 2.52. The van der Waals surface area contributed by atoms with Crippen LogP contribution in [-0.4, -0.2) is 5.11 Å². The van der Waals surface area contributed by atoms with Crippen molar-refractivity contribution in [2.75, 3.05) is 11.5 Å². The average molecular weight is 322 g/mol. The Labute approximate surface area is 126 Å². The molecule has 0 radical (unpaired) electrons. The summed E-state index contributed by atoms with van der Waals surface area (Å²) in [6.07, 6.45) is 0. The molecule has 118 valence electrons. The molecule has 0 atom stereocenters. The van der Waals surface area contributed by atoms with Gasteiger partial charge in [-0.3, -0.25) is 4.79 Å². The van der Waals surface area contributed by atoms with Crippen molar-refractivity contribution in [1.29, 1.82) is 0 Å². The van der Waals surface area contributed by atoms with Gasteiger partial charge in [0.1, 0.15) is 11.6 Å². The third kappa shape index (κ3) is 2.15. The summed E-state index contributed by atoms with van der Waals surface area (Å²) in [4.78, 5) is 12.1. The van der Waals surface area contributed by atoms with Gasteiger partial charge < -0.3 is 21.0 Å². The number of halogens is 3. The Morgan fingerprint density at radius 1 is 1.04 bits per heavy atom. The molecule has 5 N–H and O–H groups in total. The fourth-order valence-electron chi connectivity index (χ4n) is 2.17. The number of hydrogen-bond acceptors (Lipinski definition) is 5. The molecule has 0 aliphatic rings. The number of anilines is 2. The van der Waals surface area contributed by atoms with Gasteiger partial charge in [0.2, 0.25) is 5.82 Å². The Morgan fingerprint density at radius 3 is 2.39 bits per heavy atom. The fraction of sp³-hybridized carbons (Fsp3) is 0. The van der Waals surface area contributed by atoms with E-state index in [1.165, 1.54) is 12.1 Å². The van der Waals surface area contributed by atoms with Gasteiger partial charge >= 0.3 is 0 Å². The van der Waals surface area contributed by atoms with Crippen LogP contribution in [0.4, 0.5) is 24.5 Å². The third-order valence-electron chi connectivity index (χ3n) is 3.35. The van der Waals surface area contributed by atoms with Crippen LogP contribution in [0.15, 0.2) is 33.5 Å². The SMILES string of the molecule is Nc1ccc(-c2cc(=O)c3c(N)c(F)c(O)c(F)c3o2)cc1F. The minimum Gasteiger partial charge on any atom is -0.503 e. The van der Waals surface area contributed by atoms with Crippen molar-refractivity contribution in [3.05, 3.63) is 51.9 Å². The minimum absolute atomic E-state index is 0.109. The summed E-state index contributed by atoms with van der Waals surface area (Å²) < 4.78 is 46.2. The molecule has 0 fully saturated rings. The maximum absolute atomic E-state index is 14.0. The standard InChI is InChI=1S/C15H9F3N2O3/c16-6-3-5(1-2-7(6)19)9-4-8(21)10-13(20)11(17)14(22)12(18)15(10)23-9/h1-4,22H,19-20H2. The molecular formula is C15H9F3N2O3. The second-order valence-electron chi connectivity index (χ2n) is 4.81. The lowest BCUT2D eigenvalue weighted by atomic mass is 10.1. The molecule has 0 aliphatic heterocycles. The number of rotatable bonds is 1. The lowest BCUT2D eigenvalue weighted by molar-refractivity contribution is 0.395. The van der Waals surface area contributed by atoms with Crippen LogP contribution in [0.1, 0.15) is 0 Å². The van der Waals surface area contributed by atoms with Crippen LogP contribution in [0, 0.1) is 17.5 Å². The first-order chi connectivity index (χ1) is 10.8. The fourth-order valence-corrected chi connectivity index (χ4v) is 2.17. The van der Waals surface area contributed by atoms with E-state index in [-0.39, 0.29) is 17.0 Å². The second kappa shape index (κ2) is 4.94.